The fourth-order valence-electron chi connectivity index (χ4n) is 14.5. The number of hydrogen-bond acceptors (Lipinski definition) is 3. The molecule has 11 unspecified atom stereocenters. The first-order chi connectivity index (χ1) is 23.2. The first kappa shape index (κ1) is 33.7. The smallest absolute Gasteiger partial charge is 0.229 e. The molecule has 5 heteroatoms. The summed E-state index contributed by atoms with van der Waals surface area (Å²) in [5.41, 5.74) is 5.10. The Labute approximate surface area is 296 Å². The van der Waals surface area contributed by atoms with Crippen LogP contribution in [0, 0.1) is 63.6 Å². The Morgan fingerprint density at radius 3 is 2.39 bits per heavy atom. The highest BCUT2D eigenvalue weighted by atomic mass is 16.3. The summed E-state index contributed by atoms with van der Waals surface area (Å²) in [6.45, 7) is 22.5. The van der Waals surface area contributed by atoms with Crippen molar-refractivity contribution in [2.24, 2.45) is 56.7 Å². The summed E-state index contributed by atoms with van der Waals surface area (Å²) in [5, 5.41) is 11.1. The van der Waals surface area contributed by atoms with Crippen LogP contribution in [-0.4, -0.2) is 38.5 Å². The van der Waals surface area contributed by atoms with Crippen molar-refractivity contribution in [1.82, 2.24) is 14.9 Å². The van der Waals surface area contributed by atoms with Crippen LogP contribution in [0.4, 0.5) is 0 Å². The topological polar surface area (TPSA) is 69.2 Å². The fourth-order valence-corrected chi connectivity index (χ4v) is 14.5. The number of nitrogens with one attached hydrogen (secondary N) is 1. The van der Waals surface area contributed by atoms with Crippen LogP contribution in [0.5, 0.6) is 0 Å². The third-order valence-corrected chi connectivity index (χ3v) is 17.3. The number of benzene rings is 1. The molecule has 0 bridgehead atoms. The zero-order chi connectivity index (χ0) is 34.7. The number of amides is 1. The van der Waals surface area contributed by atoms with E-state index < -0.39 is 0 Å². The van der Waals surface area contributed by atoms with Crippen LogP contribution in [0.2, 0.25) is 0 Å². The van der Waals surface area contributed by atoms with Crippen LogP contribution in [0.1, 0.15) is 136 Å². The van der Waals surface area contributed by atoms with Crippen LogP contribution >= 0.6 is 0 Å². The molecule has 6 fully saturated rings. The molecule has 8 rings (SSSR count). The molecule has 2 N–H and O–H groups in total. The van der Waals surface area contributed by atoms with E-state index in [2.05, 4.69) is 89.2 Å². The van der Waals surface area contributed by atoms with Gasteiger partial charge in [0.25, 0.3) is 0 Å². The molecule has 0 radical (unpaired) electrons. The van der Waals surface area contributed by atoms with Crippen LogP contribution < -0.4 is 0 Å². The molecule has 1 aromatic carbocycles. The molecule has 5 nitrogen and oxygen atoms in total. The number of carbonyl (C=O) groups excluding carboxylic acids is 1. The number of carbonyl (C=O) groups is 1. The van der Waals surface area contributed by atoms with Gasteiger partial charge in [-0.3, -0.25) is 4.79 Å². The zero-order valence-corrected chi connectivity index (χ0v) is 31.6. The highest BCUT2D eigenvalue weighted by molar-refractivity contribution is 5.84. The van der Waals surface area contributed by atoms with E-state index in [-0.39, 0.29) is 39.2 Å². The molecule has 266 valence electrons. The molecule has 2 heterocycles. The standard InChI is InChI=1S/C44H63N3O2/c1-27(2)30-17-22-44(39(49)47-25-9-10-33(47)38-45-26-32(46-38)29-13-11-28(3)12-14-29)24-23-42(7)31(37(30)44)15-16-35-41(6)20-19-36(48)40(4,5)34(41)18-21-43(35,42)8/h11-14,26,30-31,33-37,48H,1,9-10,15-25H2,2-8H3,(H,45,46). The largest absolute Gasteiger partial charge is 0.393 e. The first-order valence-electron chi connectivity index (χ1n) is 19.9. The van der Waals surface area contributed by atoms with E-state index >= 15 is 4.79 Å². The van der Waals surface area contributed by atoms with Crippen LogP contribution in [0.25, 0.3) is 11.3 Å². The lowest BCUT2D eigenvalue weighted by Gasteiger charge is -2.73. The van der Waals surface area contributed by atoms with Crippen molar-refractivity contribution in [3.63, 3.8) is 0 Å². The molecule has 2 aromatic rings. The van der Waals surface area contributed by atoms with Gasteiger partial charge in [0, 0.05) is 6.54 Å². The van der Waals surface area contributed by atoms with Crippen molar-refractivity contribution < 1.29 is 9.90 Å². The maximum atomic E-state index is 15.4. The third kappa shape index (κ3) is 4.58. The molecule has 1 amide bonds. The monoisotopic (exact) mass is 665 g/mol. The second kappa shape index (κ2) is 11.3. The summed E-state index contributed by atoms with van der Waals surface area (Å²) in [6.07, 6.45) is 15.1. The normalized spacial score (nSPS) is 44.1. The summed E-state index contributed by atoms with van der Waals surface area (Å²) in [7, 11) is 0. The number of nitrogens with zero attached hydrogens (tertiary/aromatic N) is 2. The Bertz CT molecular complexity index is 1620. The van der Waals surface area contributed by atoms with Gasteiger partial charge in [0.2, 0.25) is 5.91 Å². The average Bonchev–Trinajstić information content (AvgIpc) is 3.82. The second-order valence-electron chi connectivity index (χ2n) is 19.4. The van der Waals surface area contributed by atoms with Crippen LogP contribution in [-0.2, 0) is 4.79 Å². The summed E-state index contributed by atoms with van der Waals surface area (Å²) in [6, 6.07) is 8.63. The molecule has 49 heavy (non-hydrogen) atoms. The summed E-state index contributed by atoms with van der Waals surface area (Å²) in [4.78, 5) is 26.2. The predicted molar refractivity (Wildman–Crippen MR) is 197 cm³/mol. The minimum absolute atomic E-state index is 0.0207. The number of H-pyrrole nitrogens is 1. The molecule has 5 aliphatic carbocycles. The highest BCUT2D eigenvalue weighted by Crippen LogP contribution is 2.77. The van der Waals surface area contributed by atoms with E-state index in [1.807, 2.05) is 6.20 Å². The maximum absolute atomic E-state index is 15.4. The molecule has 11 atom stereocenters. The molecule has 1 aromatic heterocycles. The van der Waals surface area contributed by atoms with Gasteiger partial charge in [-0.15, -0.1) is 0 Å². The number of aromatic nitrogens is 2. The number of fused-ring (bicyclic) bond motifs is 7. The lowest BCUT2D eigenvalue weighted by molar-refractivity contribution is -0.247. The van der Waals surface area contributed by atoms with E-state index in [9.17, 15) is 5.11 Å². The van der Waals surface area contributed by atoms with E-state index in [4.69, 9.17) is 4.98 Å². The molecule has 1 aliphatic heterocycles. The number of hydrogen-bond donors (Lipinski definition) is 2. The van der Waals surface area contributed by atoms with Crippen LogP contribution in [0.15, 0.2) is 42.6 Å². The van der Waals surface area contributed by atoms with Gasteiger partial charge in [-0.2, -0.15) is 0 Å². The minimum Gasteiger partial charge on any atom is -0.393 e. The Morgan fingerprint density at radius 1 is 0.898 bits per heavy atom. The Hall–Kier alpha value is -2.40. The Balaban J connectivity index is 1.12. The number of rotatable bonds is 4. The van der Waals surface area contributed by atoms with Crippen molar-refractivity contribution in [1.29, 1.82) is 0 Å². The lowest BCUT2D eigenvalue weighted by atomic mass is 9.32. The Kier molecular flexibility index (Phi) is 7.78. The SMILES string of the molecule is C=C(C)C1CCC2(C(=O)N3CCCC3c3ncc(-c4ccc(C)cc4)[nH]3)CCC3(C)C(CCC4C5(C)CCC(O)C(C)(C)C5CCC43C)C12. The van der Waals surface area contributed by atoms with E-state index in [1.165, 1.54) is 36.8 Å². The maximum Gasteiger partial charge on any atom is 0.229 e. The lowest BCUT2D eigenvalue weighted by Crippen LogP contribution is -2.67. The second-order valence-corrected chi connectivity index (χ2v) is 19.4. The van der Waals surface area contributed by atoms with Gasteiger partial charge in [-0.25, -0.2) is 4.98 Å². The summed E-state index contributed by atoms with van der Waals surface area (Å²) >= 11 is 0. The first-order valence-corrected chi connectivity index (χ1v) is 19.9. The van der Waals surface area contributed by atoms with Gasteiger partial charge in [-0.05, 0) is 148 Å². The number of likely N-dealkylation sites (tertiary alicyclic amines) is 1. The van der Waals surface area contributed by atoms with Gasteiger partial charge in [0.1, 0.15) is 5.82 Å². The quantitative estimate of drug-likeness (QED) is 0.320. The number of imidazole rings is 1. The van der Waals surface area contributed by atoms with E-state index in [1.54, 1.807) is 0 Å². The summed E-state index contributed by atoms with van der Waals surface area (Å²) in [5.74, 6) is 3.93. The minimum atomic E-state index is -0.302. The van der Waals surface area contributed by atoms with Gasteiger partial charge >= 0.3 is 0 Å². The fraction of sp³-hybridized carbons (Fsp3) is 0.727. The number of allylic oxidation sites excluding steroid dienone is 1. The molecular weight excluding hydrogens is 603 g/mol. The zero-order valence-electron chi connectivity index (χ0n) is 31.6. The molecule has 1 saturated heterocycles. The third-order valence-electron chi connectivity index (χ3n) is 17.3. The number of aryl methyl sites for hydroxylation is 1. The van der Waals surface area contributed by atoms with Crippen molar-refractivity contribution >= 4 is 5.91 Å². The molecule has 5 saturated carbocycles. The van der Waals surface area contributed by atoms with Crippen molar-refractivity contribution in [3.8, 4) is 11.3 Å². The molecule has 6 aliphatic rings. The number of aliphatic hydroxyl groups excluding tert-OH is 1. The Morgan fingerprint density at radius 2 is 1.65 bits per heavy atom. The van der Waals surface area contributed by atoms with Crippen LogP contribution in [0.3, 0.4) is 0 Å². The molecular formula is C44H63N3O2. The van der Waals surface area contributed by atoms with E-state index in [0.717, 1.165) is 75.0 Å². The van der Waals surface area contributed by atoms with Gasteiger partial charge < -0.3 is 15.0 Å². The number of aliphatic hydroxyl groups is 1. The number of aromatic amines is 1. The molecule has 0 spiro atoms. The predicted octanol–water partition coefficient (Wildman–Crippen LogP) is 10.1. The highest BCUT2D eigenvalue weighted by Gasteiger charge is 2.72. The van der Waals surface area contributed by atoms with Gasteiger partial charge in [0.15, 0.2) is 0 Å². The van der Waals surface area contributed by atoms with E-state index in [0.29, 0.717) is 35.5 Å². The van der Waals surface area contributed by atoms with Gasteiger partial charge in [0.05, 0.1) is 29.5 Å². The van der Waals surface area contributed by atoms with Crippen molar-refractivity contribution in [2.75, 3.05) is 6.54 Å². The summed E-state index contributed by atoms with van der Waals surface area (Å²) < 4.78 is 0. The van der Waals surface area contributed by atoms with Crippen molar-refractivity contribution in [2.45, 2.75) is 138 Å². The van der Waals surface area contributed by atoms with Gasteiger partial charge in [-0.1, -0.05) is 76.6 Å². The average molecular weight is 666 g/mol. The van der Waals surface area contributed by atoms with Crippen molar-refractivity contribution in [3.05, 3.63) is 54.0 Å².